The summed E-state index contributed by atoms with van der Waals surface area (Å²) in [6, 6.07) is 18.0. The molecule has 3 rings (SSSR count). The normalized spacial score (nSPS) is 11.3. The minimum atomic E-state index is -3.75. The first-order chi connectivity index (χ1) is 12.8. The van der Waals surface area contributed by atoms with Gasteiger partial charge in [-0.1, -0.05) is 30.3 Å². The molecule has 0 aliphatic carbocycles. The number of sulfonamides is 1. The van der Waals surface area contributed by atoms with Crippen LogP contribution in [0.5, 0.6) is 0 Å². The fourth-order valence-electron chi connectivity index (χ4n) is 2.62. The van der Waals surface area contributed by atoms with Crippen molar-refractivity contribution in [2.75, 3.05) is 7.05 Å². The molecule has 0 amide bonds. The van der Waals surface area contributed by atoms with Gasteiger partial charge in [0.2, 0.25) is 10.0 Å². The lowest BCUT2D eigenvalue weighted by Gasteiger charge is -2.14. The van der Waals surface area contributed by atoms with Crippen LogP contribution in [-0.4, -0.2) is 35.3 Å². The van der Waals surface area contributed by atoms with Gasteiger partial charge in [-0.25, -0.2) is 18.2 Å². The van der Waals surface area contributed by atoms with E-state index in [-0.39, 0.29) is 10.0 Å². The summed E-state index contributed by atoms with van der Waals surface area (Å²) in [5.74, 6) is 0. The van der Waals surface area contributed by atoms with Gasteiger partial charge in [0.05, 0.1) is 28.5 Å². The van der Waals surface area contributed by atoms with E-state index in [0.29, 0.717) is 12.2 Å². The Morgan fingerprint density at radius 3 is 2.33 bits per heavy atom. The van der Waals surface area contributed by atoms with Crippen LogP contribution >= 0.6 is 12.2 Å². The number of thiocarbonyl (C=S) groups is 1. The Bertz CT molecular complexity index is 1060. The lowest BCUT2D eigenvalue weighted by molar-refractivity contribution is 0.493. The number of hydrogen-bond acceptors (Lipinski definition) is 4. The summed E-state index contributed by atoms with van der Waals surface area (Å²) >= 11 is 4.99. The monoisotopic (exact) mass is 401 g/mol. The first-order valence-corrected chi connectivity index (χ1v) is 9.99. The van der Waals surface area contributed by atoms with E-state index in [2.05, 4.69) is 5.10 Å². The summed E-state index contributed by atoms with van der Waals surface area (Å²) < 4.78 is 24.7. The minimum absolute atomic E-state index is 0.0492. The Balaban J connectivity index is 2.07. The van der Waals surface area contributed by atoms with E-state index < -0.39 is 10.0 Å². The number of hydrogen-bond donors (Lipinski definition) is 2. The molecule has 140 valence electrons. The highest BCUT2D eigenvalue weighted by atomic mass is 32.2. The lowest BCUT2D eigenvalue weighted by Crippen LogP contribution is -2.31. The van der Waals surface area contributed by atoms with Crippen LogP contribution in [0.25, 0.3) is 16.9 Å². The van der Waals surface area contributed by atoms with E-state index in [1.165, 1.54) is 12.1 Å². The molecule has 0 unspecified atom stereocenters. The smallest absolute Gasteiger partial charge is 0.238 e. The van der Waals surface area contributed by atoms with Crippen LogP contribution in [0.4, 0.5) is 0 Å². The molecule has 0 aliphatic heterocycles. The predicted molar refractivity (Wildman–Crippen MR) is 109 cm³/mol. The second-order valence-corrected chi connectivity index (χ2v) is 8.01. The first-order valence-electron chi connectivity index (χ1n) is 8.04. The average Bonchev–Trinajstić information content (AvgIpc) is 3.05. The highest BCUT2D eigenvalue weighted by molar-refractivity contribution is 7.89. The van der Waals surface area contributed by atoms with Gasteiger partial charge >= 0.3 is 0 Å². The maximum Gasteiger partial charge on any atom is 0.238 e. The predicted octanol–water partition coefficient (Wildman–Crippen LogP) is 1.86. The zero-order valence-corrected chi connectivity index (χ0v) is 16.2. The van der Waals surface area contributed by atoms with Crippen molar-refractivity contribution < 1.29 is 8.42 Å². The van der Waals surface area contributed by atoms with Crippen molar-refractivity contribution in [1.29, 1.82) is 0 Å². The van der Waals surface area contributed by atoms with Crippen LogP contribution in [0.2, 0.25) is 0 Å². The summed E-state index contributed by atoms with van der Waals surface area (Å²) in [6.07, 6.45) is 0. The zero-order valence-electron chi connectivity index (χ0n) is 14.6. The van der Waals surface area contributed by atoms with Gasteiger partial charge in [0, 0.05) is 12.6 Å². The summed E-state index contributed by atoms with van der Waals surface area (Å²) in [5.41, 5.74) is 9.00. The topological polar surface area (TPSA) is 107 Å². The molecule has 0 atom stereocenters. The number of nitrogens with two attached hydrogens (primary N) is 2. The van der Waals surface area contributed by atoms with Gasteiger partial charge in [-0.05, 0) is 42.5 Å². The highest BCUT2D eigenvalue weighted by Gasteiger charge is 2.14. The zero-order chi connectivity index (χ0) is 19.6. The number of benzene rings is 2. The molecule has 0 saturated carbocycles. The Labute approximate surface area is 163 Å². The average molecular weight is 402 g/mol. The van der Waals surface area contributed by atoms with Crippen molar-refractivity contribution in [3.8, 4) is 16.9 Å². The summed E-state index contributed by atoms with van der Waals surface area (Å²) in [7, 11) is -1.95. The van der Waals surface area contributed by atoms with E-state index in [9.17, 15) is 8.42 Å². The van der Waals surface area contributed by atoms with Crippen molar-refractivity contribution in [2.24, 2.45) is 10.9 Å². The highest BCUT2D eigenvalue weighted by Crippen LogP contribution is 2.25. The number of primary sulfonamides is 1. The van der Waals surface area contributed by atoms with Crippen LogP contribution in [0.3, 0.4) is 0 Å². The van der Waals surface area contributed by atoms with E-state index in [4.69, 9.17) is 23.1 Å². The second-order valence-electron chi connectivity index (χ2n) is 6.03. The van der Waals surface area contributed by atoms with Gasteiger partial charge in [-0.2, -0.15) is 5.10 Å². The minimum Gasteiger partial charge on any atom is -0.376 e. The molecular formula is C18H19N5O2S2. The van der Waals surface area contributed by atoms with Crippen LogP contribution in [0, 0.1) is 0 Å². The molecule has 0 fully saturated rings. The fraction of sp³-hybridized carbons (Fsp3) is 0.111. The van der Waals surface area contributed by atoms with E-state index in [1.807, 2.05) is 36.4 Å². The quantitative estimate of drug-likeness (QED) is 0.632. The first kappa shape index (κ1) is 19.0. The van der Waals surface area contributed by atoms with Gasteiger partial charge in [0.25, 0.3) is 0 Å². The van der Waals surface area contributed by atoms with Crippen LogP contribution < -0.4 is 10.9 Å². The van der Waals surface area contributed by atoms with Crippen molar-refractivity contribution >= 4 is 27.4 Å². The summed E-state index contributed by atoms with van der Waals surface area (Å²) in [5, 5.41) is 10.1. The third-order valence-corrected chi connectivity index (χ3v) is 5.26. The number of aromatic nitrogens is 2. The molecule has 0 aliphatic rings. The number of nitrogens with zero attached hydrogens (tertiary/aromatic N) is 3. The molecule has 1 aromatic heterocycles. The lowest BCUT2D eigenvalue weighted by atomic mass is 10.1. The molecule has 1 heterocycles. The molecule has 0 spiro atoms. The molecule has 0 radical (unpaired) electrons. The molecule has 2 aromatic carbocycles. The molecule has 9 heteroatoms. The molecule has 27 heavy (non-hydrogen) atoms. The molecule has 3 aromatic rings. The Kier molecular flexibility index (Phi) is 5.26. The van der Waals surface area contributed by atoms with Gasteiger partial charge < -0.3 is 10.6 Å². The van der Waals surface area contributed by atoms with Crippen molar-refractivity contribution in [2.45, 2.75) is 11.4 Å². The second kappa shape index (κ2) is 7.47. The van der Waals surface area contributed by atoms with Crippen molar-refractivity contribution in [1.82, 2.24) is 14.7 Å². The maximum absolute atomic E-state index is 11.5. The molecule has 7 nitrogen and oxygen atoms in total. The van der Waals surface area contributed by atoms with Crippen LogP contribution in [0.15, 0.2) is 65.6 Å². The van der Waals surface area contributed by atoms with Crippen LogP contribution in [0.1, 0.15) is 5.69 Å². The van der Waals surface area contributed by atoms with Gasteiger partial charge in [0.15, 0.2) is 5.11 Å². The molecule has 4 N–H and O–H groups in total. The van der Waals surface area contributed by atoms with E-state index in [1.54, 1.807) is 28.8 Å². The standard InChI is InChI=1S/C18H19N5O2S2/c1-22(18(19)26)12-14-11-17(13-5-3-2-4-6-13)23(21-14)15-7-9-16(10-8-15)27(20,24)25/h2-11H,12H2,1H3,(H2,19,26)(H2,20,24,25). The van der Waals surface area contributed by atoms with Gasteiger partial charge in [-0.3, -0.25) is 0 Å². The van der Waals surface area contributed by atoms with Crippen molar-refractivity contribution in [3.63, 3.8) is 0 Å². The maximum atomic E-state index is 11.5. The third kappa shape index (κ3) is 4.33. The summed E-state index contributed by atoms with van der Waals surface area (Å²) in [6.45, 7) is 0.456. The third-order valence-electron chi connectivity index (χ3n) is 4.01. The van der Waals surface area contributed by atoms with Crippen molar-refractivity contribution in [3.05, 3.63) is 66.4 Å². The van der Waals surface area contributed by atoms with E-state index >= 15 is 0 Å². The fourth-order valence-corrected chi connectivity index (χ4v) is 3.20. The Morgan fingerprint density at radius 1 is 1.15 bits per heavy atom. The Morgan fingerprint density at radius 2 is 1.78 bits per heavy atom. The van der Waals surface area contributed by atoms with E-state index in [0.717, 1.165) is 17.0 Å². The molecular weight excluding hydrogens is 382 g/mol. The Hall–Kier alpha value is -2.75. The molecule has 0 saturated heterocycles. The largest absolute Gasteiger partial charge is 0.376 e. The number of rotatable bonds is 5. The summed E-state index contributed by atoms with van der Waals surface area (Å²) in [4.78, 5) is 1.77. The van der Waals surface area contributed by atoms with Crippen LogP contribution in [-0.2, 0) is 16.6 Å². The SMILES string of the molecule is CN(Cc1cc(-c2ccccc2)n(-c2ccc(S(N)(=O)=O)cc2)n1)C(N)=S. The van der Waals surface area contributed by atoms with Gasteiger partial charge in [-0.15, -0.1) is 0 Å². The molecule has 0 bridgehead atoms. The van der Waals surface area contributed by atoms with Gasteiger partial charge in [0.1, 0.15) is 0 Å².